The van der Waals surface area contributed by atoms with Crippen molar-refractivity contribution in [3.63, 3.8) is 0 Å². The number of hydrogen-bond acceptors (Lipinski definition) is 2. The van der Waals surface area contributed by atoms with E-state index in [0.29, 0.717) is 12.0 Å². The minimum atomic E-state index is -0.0441. The van der Waals surface area contributed by atoms with Gasteiger partial charge in [-0.2, -0.15) is 6.07 Å². The van der Waals surface area contributed by atoms with E-state index >= 15 is 0 Å². The van der Waals surface area contributed by atoms with E-state index in [1.54, 1.807) is 24.1 Å². The Hall–Kier alpha value is -1.32. The van der Waals surface area contributed by atoms with Gasteiger partial charge in [-0.3, -0.25) is 4.79 Å². The Balaban J connectivity index is 0.00000147. The van der Waals surface area contributed by atoms with E-state index in [1.165, 1.54) is 0 Å². The van der Waals surface area contributed by atoms with Gasteiger partial charge >= 0.3 is 0 Å². The molecule has 3 rings (SSSR count). The third-order valence-corrected chi connectivity index (χ3v) is 3.50. The summed E-state index contributed by atoms with van der Waals surface area (Å²) in [5.74, 6) is -0.0441. The Labute approximate surface area is 142 Å². The van der Waals surface area contributed by atoms with E-state index in [4.69, 9.17) is 0 Å². The summed E-state index contributed by atoms with van der Waals surface area (Å²) in [5.41, 5.74) is 4.02. The molecular formula is C16H12NO2Y-. The second-order valence-corrected chi connectivity index (χ2v) is 4.64. The summed E-state index contributed by atoms with van der Waals surface area (Å²) in [5, 5.41) is 0. The van der Waals surface area contributed by atoms with E-state index in [-0.39, 0.29) is 38.6 Å². The molecule has 1 heterocycles. The average Bonchev–Trinajstić information content (AvgIpc) is 2.56. The van der Waals surface area contributed by atoms with Crippen molar-refractivity contribution in [1.29, 1.82) is 0 Å². The molecule has 97 valence electrons. The van der Waals surface area contributed by atoms with Crippen molar-refractivity contribution in [1.82, 2.24) is 0 Å². The van der Waals surface area contributed by atoms with Gasteiger partial charge in [0.05, 0.1) is 6.29 Å². The molecule has 3 nitrogen and oxygen atoms in total. The van der Waals surface area contributed by atoms with Gasteiger partial charge in [-0.1, -0.05) is 18.2 Å². The number of amides is 1. The van der Waals surface area contributed by atoms with E-state index in [1.807, 2.05) is 36.6 Å². The van der Waals surface area contributed by atoms with E-state index in [0.717, 1.165) is 22.4 Å². The molecule has 0 N–H and O–H groups in total. The fourth-order valence-corrected chi connectivity index (χ4v) is 2.47. The van der Waals surface area contributed by atoms with Crippen LogP contribution in [0.5, 0.6) is 0 Å². The first-order valence-corrected chi connectivity index (χ1v) is 6.08. The maximum Gasteiger partial charge on any atom is 0.257 e. The van der Waals surface area contributed by atoms with Crippen molar-refractivity contribution < 1.29 is 42.3 Å². The van der Waals surface area contributed by atoms with Crippen molar-refractivity contribution >= 4 is 17.9 Å². The normalized spacial score (nSPS) is 12.8. The Bertz CT molecular complexity index is 682. The number of rotatable bonds is 1. The van der Waals surface area contributed by atoms with Gasteiger partial charge in [0.25, 0.3) is 5.91 Å². The van der Waals surface area contributed by atoms with Crippen LogP contribution in [0.2, 0.25) is 0 Å². The van der Waals surface area contributed by atoms with Crippen LogP contribution < -0.4 is 4.90 Å². The fraction of sp³-hybridized carbons (Fsp3) is 0.125. The number of fused-ring (bicyclic) bond motifs is 2. The monoisotopic (exact) mass is 339 g/mol. The summed E-state index contributed by atoms with van der Waals surface area (Å²) in [6.45, 7) is 0. The first-order chi connectivity index (χ1) is 9.20. The van der Waals surface area contributed by atoms with Crippen LogP contribution in [0.1, 0.15) is 27.0 Å². The summed E-state index contributed by atoms with van der Waals surface area (Å²) in [7, 11) is 1.73. The van der Waals surface area contributed by atoms with Gasteiger partial charge in [-0.05, 0) is 29.3 Å². The number of hydrogen-bond donors (Lipinski definition) is 0. The van der Waals surface area contributed by atoms with Crippen LogP contribution in [-0.4, -0.2) is 19.2 Å². The van der Waals surface area contributed by atoms with Crippen LogP contribution in [0.3, 0.4) is 0 Å². The van der Waals surface area contributed by atoms with Gasteiger partial charge in [0.15, 0.2) is 0 Å². The van der Waals surface area contributed by atoms with Crippen LogP contribution in [0.15, 0.2) is 42.5 Å². The molecule has 0 bridgehead atoms. The summed E-state index contributed by atoms with van der Waals surface area (Å²) in [4.78, 5) is 24.8. The van der Waals surface area contributed by atoms with E-state index in [2.05, 4.69) is 0 Å². The van der Waals surface area contributed by atoms with Crippen LogP contribution in [0, 0.1) is 0 Å². The van der Waals surface area contributed by atoms with E-state index < -0.39 is 0 Å². The van der Waals surface area contributed by atoms with Gasteiger partial charge in [0.2, 0.25) is 0 Å². The largest absolute Gasteiger partial charge is 0.376 e. The molecule has 0 aliphatic carbocycles. The summed E-state index contributed by atoms with van der Waals surface area (Å²) in [6.07, 6.45) is 2.56. The molecule has 0 aromatic heterocycles. The number of carbonyl (C=O) groups is 1. The molecule has 0 saturated heterocycles. The summed E-state index contributed by atoms with van der Waals surface area (Å²) in [6, 6.07) is 12.9. The molecule has 2 aromatic rings. The number of carbonyl (C=O) groups excluding carboxylic acids is 2. The second kappa shape index (κ2) is 5.98. The molecule has 0 unspecified atom stereocenters. The van der Waals surface area contributed by atoms with Gasteiger partial charge in [0, 0.05) is 45.3 Å². The zero-order valence-corrected chi connectivity index (χ0v) is 13.9. The third kappa shape index (κ3) is 2.48. The minimum Gasteiger partial charge on any atom is -0.376 e. The smallest absolute Gasteiger partial charge is 0.257 e. The molecule has 0 atom stereocenters. The molecule has 0 fully saturated rings. The molecule has 4 heteroatoms. The van der Waals surface area contributed by atoms with Crippen LogP contribution in [-0.2, 0) is 43.9 Å². The van der Waals surface area contributed by atoms with Crippen molar-refractivity contribution in [3.8, 4) is 0 Å². The van der Waals surface area contributed by atoms with Crippen molar-refractivity contribution in [3.05, 3.63) is 64.7 Å². The fourth-order valence-electron chi connectivity index (χ4n) is 2.47. The molecule has 2 aromatic carbocycles. The molecule has 1 amide bonds. The standard InChI is InChI=1S/C16H12NO2.Y/c1-17-15-8-11(10-18)6-7-13(15)9-12-4-2-3-5-14(12)16(17)19;/h2-8H,9H2,1H3;/q-1;. The molecule has 20 heavy (non-hydrogen) atoms. The van der Waals surface area contributed by atoms with Crippen LogP contribution in [0.4, 0.5) is 5.69 Å². The van der Waals surface area contributed by atoms with Crippen LogP contribution >= 0.6 is 0 Å². The number of anilines is 1. The predicted molar refractivity (Wildman–Crippen MR) is 73.2 cm³/mol. The Morgan fingerprint density at radius 2 is 1.85 bits per heavy atom. The Morgan fingerprint density at radius 3 is 2.60 bits per heavy atom. The minimum absolute atomic E-state index is 0. The maximum atomic E-state index is 12.4. The maximum absolute atomic E-state index is 12.4. The van der Waals surface area contributed by atoms with Crippen molar-refractivity contribution in [2.45, 2.75) is 6.42 Å². The molecule has 0 spiro atoms. The summed E-state index contributed by atoms with van der Waals surface area (Å²) < 4.78 is 0. The molecule has 1 aliphatic rings. The average molecular weight is 339 g/mol. The molecule has 0 saturated carbocycles. The third-order valence-electron chi connectivity index (χ3n) is 3.50. The van der Waals surface area contributed by atoms with Crippen molar-refractivity contribution in [2.75, 3.05) is 11.9 Å². The Kier molecular flexibility index (Phi) is 4.51. The number of benzene rings is 2. The van der Waals surface area contributed by atoms with Gasteiger partial charge in [-0.25, -0.2) is 0 Å². The quantitative estimate of drug-likeness (QED) is 0.748. The van der Waals surface area contributed by atoms with Gasteiger partial charge in [0.1, 0.15) is 0 Å². The SMILES string of the molecule is CN1C(=O)c2ccccc2Cc2ccc([C-]=O)cc21.[Y]. The van der Waals surface area contributed by atoms with E-state index in [9.17, 15) is 9.59 Å². The van der Waals surface area contributed by atoms with Crippen molar-refractivity contribution in [2.24, 2.45) is 0 Å². The molecule has 1 radical (unpaired) electrons. The van der Waals surface area contributed by atoms with Crippen LogP contribution in [0.25, 0.3) is 0 Å². The molecule has 1 aliphatic heterocycles. The first kappa shape index (κ1) is 15.1. The predicted octanol–water partition coefficient (Wildman–Crippen LogP) is 2.32. The zero-order valence-electron chi connectivity index (χ0n) is 11.1. The Morgan fingerprint density at radius 1 is 1.10 bits per heavy atom. The topological polar surface area (TPSA) is 37.4 Å². The first-order valence-electron chi connectivity index (χ1n) is 6.08. The molecular weight excluding hydrogens is 327 g/mol. The second-order valence-electron chi connectivity index (χ2n) is 4.64. The number of nitrogens with zero attached hydrogens (tertiary/aromatic N) is 1. The van der Waals surface area contributed by atoms with Gasteiger partial charge < -0.3 is 9.69 Å². The zero-order chi connectivity index (χ0) is 13.4. The summed E-state index contributed by atoms with van der Waals surface area (Å²) >= 11 is 0. The van der Waals surface area contributed by atoms with Gasteiger partial charge in [-0.15, -0.1) is 17.7 Å².